The molecule has 0 aliphatic rings. The second kappa shape index (κ2) is 5.96. The fourth-order valence-corrected chi connectivity index (χ4v) is 1.41. The maximum Gasteiger partial charge on any atom is 0.341 e. The average molecular weight is 255 g/mol. The van der Waals surface area contributed by atoms with Crippen LogP contribution in [0.15, 0.2) is 12.1 Å². The van der Waals surface area contributed by atoms with Gasteiger partial charge in [0.25, 0.3) is 6.43 Å². The topological polar surface area (TPSA) is 59.3 Å². The highest BCUT2D eigenvalue weighted by Crippen LogP contribution is 2.30. The van der Waals surface area contributed by atoms with Gasteiger partial charge in [-0.2, -0.15) is 5.26 Å². The summed E-state index contributed by atoms with van der Waals surface area (Å²) in [7, 11) is 1.28. The standard InChI is InChI=1S/C12H11F2NO3/c1-3-18-12(16)9-5-8(11(13)14)7(6-15)4-10(9)17-2/h4-5,11H,3H2,1-2H3. The van der Waals surface area contributed by atoms with Crippen LogP contribution < -0.4 is 4.74 Å². The van der Waals surface area contributed by atoms with Crippen molar-refractivity contribution in [2.24, 2.45) is 0 Å². The van der Waals surface area contributed by atoms with Crippen LogP contribution in [0.2, 0.25) is 0 Å². The summed E-state index contributed by atoms with van der Waals surface area (Å²) in [5.41, 5.74) is -0.857. The summed E-state index contributed by atoms with van der Waals surface area (Å²) in [5, 5.41) is 8.77. The molecular weight excluding hydrogens is 244 g/mol. The third-order valence-electron chi connectivity index (χ3n) is 2.22. The van der Waals surface area contributed by atoms with Crippen molar-refractivity contribution in [1.29, 1.82) is 5.26 Å². The van der Waals surface area contributed by atoms with Gasteiger partial charge in [0, 0.05) is 5.56 Å². The molecule has 0 bridgehead atoms. The van der Waals surface area contributed by atoms with Gasteiger partial charge in [-0.05, 0) is 19.1 Å². The Morgan fingerprint density at radius 2 is 2.17 bits per heavy atom. The quantitative estimate of drug-likeness (QED) is 0.776. The summed E-state index contributed by atoms with van der Waals surface area (Å²) in [5.74, 6) is -0.727. The molecule has 0 aliphatic heterocycles. The lowest BCUT2D eigenvalue weighted by molar-refractivity contribution is 0.0522. The molecule has 96 valence electrons. The van der Waals surface area contributed by atoms with Crippen molar-refractivity contribution in [2.45, 2.75) is 13.3 Å². The van der Waals surface area contributed by atoms with E-state index in [2.05, 4.69) is 0 Å². The van der Waals surface area contributed by atoms with Crippen LogP contribution in [-0.2, 0) is 4.74 Å². The van der Waals surface area contributed by atoms with Crippen molar-refractivity contribution in [3.8, 4) is 11.8 Å². The first kappa shape index (κ1) is 13.9. The van der Waals surface area contributed by atoms with Crippen molar-refractivity contribution < 1.29 is 23.0 Å². The number of nitrogens with zero attached hydrogens (tertiary/aromatic N) is 1. The van der Waals surface area contributed by atoms with E-state index >= 15 is 0 Å². The molecular formula is C12H11F2NO3. The Hall–Kier alpha value is -2.16. The smallest absolute Gasteiger partial charge is 0.341 e. The lowest BCUT2D eigenvalue weighted by Crippen LogP contribution is -2.08. The van der Waals surface area contributed by atoms with Crippen molar-refractivity contribution in [3.05, 3.63) is 28.8 Å². The zero-order valence-corrected chi connectivity index (χ0v) is 9.87. The summed E-state index contributed by atoms with van der Waals surface area (Å²) in [6.07, 6.45) is -2.85. The minimum atomic E-state index is -2.85. The second-order valence-corrected chi connectivity index (χ2v) is 3.27. The molecule has 6 heteroatoms. The van der Waals surface area contributed by atoms with Gasteiger partial charge in [0.2, 0.25) is 0 Å². The Morgan fingerprint density at radius 1 is 1.50 bits per heavy atom. The largest absolute Gasteiger partial charge is 0.496 e. The summed E-state index contributed by atoms with van der Waals surface area (Å²) in [6, 6.07) is 3.67. The van der Waals surface area contributed by atoms with Gasteiger partial charge in [0.15, 0.2) is 0 Å². The number of nitriles is 1. The van der Waals surface area contributed by atoms with E-state index in [-0.39, 0.29) is 23.5 Å². The van der Waals surface area contributed by atoms with Gasteiger partial charge in [0.05, 0.1) is 25.3 Å². The number of benzene rings is 1. The minimum absolute atomic E-state index is 0.0365. The molecule has 0 saturated heterocycles. The molecule has 0 radical (unpaired) electrons. The number of hydrogen-bond donors (Lipinski definition) is 0. The summed E-state index contributed by atoms with van der Waals surface area (Å²) in [6.45, 7) is 1.72. The van der Waals surface area contributed by atoms with Crippen molar-refractivity contribution in [2.75, 3.05) is 13.7 Å². The molecule has 0 atom stereocenters. The minimum Gasteiger partial charge on any atom is -0.496 e. The predicted octanol–water partition coefficient (Wildman–Crippen LogP) is 2.68. The van der Waals surface area contributed by atoms with E-state index in [1.807, 2.05) is 0 Å². The molecule has 0 aromatic heterocycles. The van der Waals surface area contributed by atoms with Gasteiger partial charge >= 0.3 is 5.97 Å². The Balaban J connectivity index is 3.37. The van der Waals surface area contributed by atoms with E-state index < -0.39 is 18.0 Å². The molecule has 0 unspecified atom stereocenters. The molecule has 0 heterocycles. The van der Waals surface area contributed by atoms with Crippen LogP contribution in [0.4, 0.5) is 8.78 Å². The van der Waals surface area contributed by atoms with Crippen LogP contribution in [0.1, 0.15) is 34.8 Å². The number of methoxy groups -OCH3 is 1. The van der Waals surface area contributed by atoms with Crippen LogP contribution in [0.3, 0.4) is 0 Å². The molecule has 0 N–H and O–H groups in total. The number of ether oxygens (including phenoxy) is 2. The summed E-state index contributed by atoms with van der Waals surface area (Å²) in [4.78, 5) is 11.6. The molecule has 0 spiro atoms. The van der Waals surface area contributed by atoms with Crippen LogP contribution in [-0.4, -0.2) is 19.7 Å². The zero-order chi connectivity index (χ0) is 13.7. The number of hydrogen-bond acceptors (Lipinski definition) is 4. The maximum atomic E-state index is 12.7. The van der Waals surface area contributed by atoms with E-state index in [0.717, 1.165) is 12.1 Å². The molecule has 0 aliphatic carbocycles. The highest BCUT2D eigenvalue weighted by molar-refractivity contribution is 5.93. The molecule has 4 nitrogen and oxygen atoms in total. The molecule has 18 heavy (non-hydrogen) atoms. The highest BCUT2D eigenvalue weighted by atomic mass is 19.3. The van der Waals surface area contributed by atoms with E-state index in [0.29, 0.717) is 0 Å². The van der Waals surface area contributed by atoms with Gasteiger partial charge in [-0.25, -0.2) is 13.6 Å². The SMILES string of the molecule is CCOC(=O)c1cc(C(F)F)c(C#N)cc1OC. The number of rotatable bonds is 4. The first-order valence-electron chi connectivity index (χ1n) is 5.12. The van der Waals surface area contributed by atoms with Gasteiger partial charge in [-0.15, -0.1) is 0 Å². The van der Waals surface area contributed by atoms with Crippen LogP contribution in [0.25, 0.3) is 0 Å². The van der Waals surface area contributed by atoms with Crippen molar-refractivity contribution >= 4 is 5.97 Å². The number of carbonyl (C=O) groups excluding carboxylic acids is 1. The van der Waals surface area contributed by atoms with Gasteiger partial charge in [0.1, 0.15) is 11.3 Å². The van der Waals surface area contributed by atoms with Crippen LogP contribution in [0, 0.1) is 11.3 Å². The Morgan fingerprint density at radius 3 is 2.61 bits per heavy atom. The molecule has 1 aromatic carbocycles. The first-order valence-corrected chi connectivity index (χ1v) is 5.12. The number of esters is 1. The van der Waals surface area contributed by atoms with E-state index in [1.165, 1.54) is 7.11 Å². The number of carbonyl (C=O) groups is 1. The van der Waals surface area contributed by atoms with Gasteiger partial charge < -0.3 is 9.47 Å². The fourth-order valence-electron chi connectivity index (χ4n) is 1.41. The Kier molecular flexibility index (Phi) is 4.60. The normalized spacial score (nSPS) is 10.0. The molecule has 0 amide bonds. The monoisotopic (exact) mass is 255 g/mol. The lowest BCUT2D eigenvalue weighted by atomic mass is 10.0. The summed E-state index contributed by atoms with van der Waals surface area (Å²) < 4.78 is 35.1. The third-order valence-corrected chi connectivity index (χ3v) is 2.22. The van der Waals surface area contributed by atoms with E-state index in [9.17, 15) is 13.6 Å². The Labute approximate surface area is 103 Å². The average Bonchev–Trinajstić information content (AvgIpc) is 2.37. The molecule has 0 saturated carbocycles. The highest BCUT2D eigenvalue weighted by Gasteiger charge is 2.21. The van der Waals surface area contributed by atoms with E-state index in [4.69, 9.17) is 14.7 Å². The Bertz CT molecular complexity index is 495. The maximum absolute atomic E-state index is 12.7. The molecule has 0 fully saturated rings. The third kappa shape index (κ3) is 2.74. The van der Waals surface area contributed by atoms with Gasteiger partial charge in [-0.3, -0.25) is 0 Å². The first-order chi connectivity index (χ1) is 8.54. The molecule has 1 aromatic rings. The van der Waals surface area contributed by atoms with Crippen molar-refractivity contribution in [1.82, 2.24) is 0 Å². The fraction of sp³-hybridized carbons (Fsp3) is 0.333. The lowest BCUT2D eigenvalue weighted by Gasteiger charge is -2.11. The van der Waals surface area contributed by atoms with Crippen molar-refractivity contribution in [3.63, 3.8) is 0 Å². The number of alkyl halides is 2. The van der Waals surface area contributed by atoms with Crippen LogP contribution in [0.5, 0.6) is 5.75 Å². The van der Waals surface area contributed by atoms with Crippen LogP contribution >= 0.6 is 0 Å². The van der Waals surface area contributed by atoms with Gasteiger partial charge in [-0.1, -0.05) is 0 Å². The zero-order valence-electron chi connectivity index (χ0n) is 9.87. The number of halogens is 2. The molecule has 1 rings (SSSR count). The summed E-state index contributed by atoms with van der Waals surface area (Å²) >= 11 is 0. The van der Waals surface area contributed by atoms with E-state index in [1.54, 1.807) is 13.0 Å². The second-order valence-electron chi connectivity index (χ2n) is 3.27. The predicted molar refractivity (Wildman–Crippen MR) is 58.6 cm³/mol.